The van der Waals surface area contributed by atoms with Crippen LogP contribution in [0, 0.1) is 5.41 Å². The van der Waals surface area contributed by atoms with Gasteiger partial charge in [-0.1, -0.05) is 39.0 Å². The third kappa shape index (κ3) is 2.71. The molecular weight excluding hydrogens is 174 g/mol. The van der Waals surface area contributed by atoms with Gasteiger partial charge in [-0.3, -0.25) is 0 Å². The van der Waals surface area contributed by atoms with Gasteiger partial charge in [0.2, 0.25) is 0 Å². The lowest BCUT2D eigenvalue weighted by Gasteiger charge is -2.44. The van der Waals surface area contributed by atoms with E-state index < -0.39 is 0 Å². The van der Waals surface area contributed by atoms with Crippen LogP contribution >= 0.6 is 0 Å². The van der Waals surface area contributed by atoms with Crippen molar-refractivity contribution in [1.29, 1.82) is 0 Å². The molecule has 0 bridgehead atoms. The maximum absolute atomic E-state index is 10.0. The molecule has 0 saturated heterocycles. The molecule has 0 aromatic carbocycles. The van der Waals surface area contributed by atoms with Crippen molar-refractivity contribution in [2.75, 3.05) is 6.54 Å². The van der Waals surface area contributed by atoms with Gasteiger partial charge in [0.25, 0.3) is 0 Å². The quantitative estimate of drug-likeness (QED) is 0.619. The van der Waals surface area contributed by atoms with Gasteiger partial charge in [0.15, 0.2) is 0 Å². The van der Waals surface area contributed by atoms with Crippen molar-refractivity contribution in [1.82, 2.24) is 0 Å². The highest BCUT2D eigenvalue weighted by Gasteiger charge is 2.41. The summed E-state index contributed by atoms with van der Waals surface area (Å²) in [5.74, 6) is 0. The molecule has 1 unspecified atom stereocenters. The Kier molecular flexibility index (Phi) is 4.90. The summed E-state index contributed by atoms with van der Waals surface area (Å²) in [6, 6.07) is 0. The second-order valence-corrected chi connectivity index (χ2v) is 4.79. The SMILES string of the molecule is CCCCCCC(O)C1(CN)CCC1. The highest BCUT2D eigenvalue weighted by atomic mass is 16.3. The second-order valence-electron chi connectivity index (χ2n) is 4.79. The standard InChI is InChI=1S/C12H25NO/c1-2-3-4-5-7-11(14)12(10-13)8-6-9-12/h11,14H,2-10,13H2,1H3. The zero-order chi connectivity index (χ0) is 10.4. The largest absolute Gasteiger partial charge is 0.393 e. The first-order valence-corrected chi connectivity index (χ1v) is 6.13. The summed E-state index contributed by atoms with van der Waals surface area (Å²) in [6.45, 7) is 2.88. The van der Waals surface area contributed by atoms with Gasteiger partial charge in [-0.2, -0.15) is 0 Å². The molecule has 2 nitrogen and oxygen atoms in total. The fourth-order valence-corrected chi connectivity index (χ4v) is 2.37. The highest BCUT2D eigenvalue weighted by Crippen LogP contribution is 2.44. The van der Waals surface area contributed by atoms with Gasteiger partial charge < -0.3 is 10.8 Å². The van der Waals surface area contributed by atoms with Crippen molar-refractivity contribution in [3.63, 3.8) is 0 Å². The van der Waals surface area contributed by atoms with Crippen molar-refractivity contribution < 1.29 is 5.11 Å². The fraction of sp³-hybridized carbons (Fsp3) is 1.00. The molecule has 1 rings (SSSR count). The van der Waals surface area contributed by atoms with Crippen LogP contribution in [-0.4, -0.2) is 17.8 Å². The smallest absolute Gasteiger partial charge is 0.0608 e. The summed E-state index contributed by atoms with van der Waals surface area (Å²) in [5.41, 5.74) is 5.84. The topological polar surface area (TPSA) is 46.2 Å². The van der Waals surface area contributed by atoms with Crippen molar-refractivity contribution in [2.24, 2.45) is 11.1 Å². The Bertz CT molecular complexity index is 149. The van der Waals surface area contributed by atoms with Gasteiger partial charge in [-0.25, -0.2) is 0 Å². The van der Waals surface area contributed by atoms with Gasteiger partial charge in [0.1, 0.15) is 0 Å². The molecule has 0 aromatic rings. The monoisotopic (exact) mass is 199 g/mol. The van der Waals surface area contributed by atoms with E-state index in [1.807, 2.05) is 0 Å². The van der Waals surface area contributed by atoms with Crippen LogP contribution in [-0.2, 0) is 0 Å². The summed E-state index contributed by atoms with van der Waals surface area (Å²) in [6.07, 6.45) is 9.32. The molecule has 14 heavy (non-hydrogen) atoms. The van der Waals surface area contributed by atoms with Crippen LogP contribution in [0.3, 0.4) is 0 Å². The molecule has 0 aromatic heterocycles. The first-order valence-electron chi connectivity index (χ1n) is 6.13. The highest BCUT2D eigenvalue weighted by molar-refractivity contribution is 4.94. The zero-order valence-electron chi connectivity index (χ0n) is 9.47. The van der Waals surface area contributed by atoms with E-state index >= 15 is 0 Å². The van der Waals surface area contributed by atoms with Crippen LogP contribution in [0.15, 0.2) is 0 Å². The Hall–Kier alpha value is -0.0800. The van der Waals surface area contributed by atoms with Crippen molar-refractivity contribution in [2.45, 2.75) is 64.4 Å². The lowest BCUT2D eigenvalue weighted by atomic mass is 9.64. The first kappa shape index (κ1) is 12.0. The third-order valence-electron chi connectivity index (χ3n) is 3.79. The zero-order valence-corrected chi connectivity index (χ0v) is 9.47. The molecule has 1 aliphatic carbocycles. The van der Waals surface area contributed by atoms with Crippen molar-refractivity contribution in [3.8, 4) is 0 Å². The van der Waals surface area contributed by atoms with Gasteiger partial charge in [-0.05, 0) is 19.3 Å². The van der Waals surface area contributed by atoms with E-state index in [1.165, 1.54) is 25.7 Å². The van der Waals surface area contributed by atoms with Gasteiger partial charge in [-0.15, -0.1) is 0 Å². The predicted molar refractivity (Wildman–Crippen MR) is 60.1 cm³/mol. The number of hydrogen-bond acceptors (Lipinski definition) is 2. The fourth-order valence-electron chi connectivity index (χ4n) is 2.37. The van der Waals surface area contributed by atoms with Gasteiger partial charge in [0, 0.05) is 12.0 Å². The summed E-state index contributed by atoms with van der Waals surface area (Å²) in [7, 11) is 0. The Morgan fingerprint density at radius 1 is 1.29 bits per heavy atom. The number of nitrogens with two attached hydrogens (primary N) is 1. The summed E-state index contributed by atoms with van der Waals surface area (Å²) in [4.78, 5) is 0. The first-order chi connectivity index (χ1) is 6.75. The second kappa shape index (κ2) is 5.72. The van der Waals surface area contributed by atoms with Crippen LogP contribution in [0.25, 0.3) is 0 Å². The molecule has 3 N–H and O–H groups in total. The minimum absolute atomic E-state index is 0.103. The number of hydrogen-bond donors (Lipinski definition) is 2. The average Bonchev–Trinajstić information content (AvgIpc) is 2.12. The summed E-state index contributed by atoms with van der Waals surface area (Å²) in [5, 5.41) is 10.0. The minimum atomic E-state index is -0.141. The third-order valence-corrected chi connectivity index (χ3v) is 3.79. The summed E-state index contributed by atoms with van der Waals surface area (Å²) < 4.78 is 0. The van der Waals surface area contributed by atoms with Gasteiger partial charge in [0.05, 0.1) is 6.10 Å². The van der Waals surface area contributed by atoms with Crippen LogP contribution < -0.4 is 5.73 Å². The van der Waals surface area contributed by atoms with E-state index in [1.54, 1.807) is 0 Å². The van der Waals surface area contributed by atoms with Crippen LogP contribution in [0.4, 0.5) is 0 Å². The maximum atomic E-state index is 10.0. The Labute approximate surface area is 87.9 Å². The molecule has 0 aliphatic heterocycles. The van der Waals surface area contributed by atoms with E-state index in [-0.39, 0.29) is 11.5 Å². The Balaban J connectivity index is 2.16. The average molecular weight is 199 g/mol. The molecule has 0 heterocycles. The summed E-state index contributed by atoms with van der Waals surface area (Å²) >= 11 is 0. The van der Waals surface area contributed by atoms with E-state index in [9.17, 15) is 5.11 Å². The lowest BCUT2D eigenvalue weighted by molar-refractivity contribution is -0.0332. The molecular formula is C12H25NO. The molecule has 2 heteroatoms. The van der Waals surface area contributed by atoms with E-state index in [4.69, 9.17) is 5.73 Å². The molecule has 0 amide bonds. The number of unbranched alkanes of at least 4 members (excludes halogenated alkanes) is 3. The molecule has 1 atom stereocenters. The van der Waals surface area contributed by atoms with Crippen molar-refractivity contribution in [3.05, 3.63) is 0 Å². The Morgan fingerprint density at radius 2 is 2.00 bits per heavy atom. The van der Waals surface area contributed by atoms with E-state index in [0.29, 0.717) is 6.54 Å². The van der Waals surface area contributed by atoms with E-state index in [0.717, 1.165) is 25.7 Å². The van der Waals surface area contributed by atoms with Gasteiger partial charge >= 0.3 is 0 Å². The molecule has 0 radical (unpaired) electrons. The van der Waals surface area contributed by atoms with E-state index in [2.05, 4.69) is 6.92 Å². The Morgan fingerprint density at radius 3 is 2.43 bits per heavy atom. The predicted octanol–water partition coefficient (Wildman–Crippen LogP) is 2.45. The molecule has 84 valence electrons. The number of rotatable bonds is 7. The number of aliphatic hydroxyl groups excluding tert-OH is 1. The number of aliphatic hydroxyl groups is 1. The molecule has 1 saturated carbocycles. The molecule has 1 aliphatic rings. The lowest BCUT2D eigenvalue weighted by Crippen LogP contribution is -2.47. The normalized spacial score (nSPS) is 21.6. The van der Waals surface area contributed by atoms with Crippen LogP contribution in [0.2, 0.25) is 0 Å². The van der Waals surface area contributed by atoms with Crippen LogP contribution in [0.1, 0.15) is 58.3 Å². The molecule has 1 fully saturated rings. The molecule has 0 spiro atoms. The van der Waals surface area contributed by atoms with Crippen LogP contribution in [0.5, 0.6) is 0 Å². The minimum Gasteiger partial charge on any atom is -0.393 e. The van der Waals surface area contributed by atoms with Crippen molar-refractivity contribution >= 4 is 0 Å². The maximum Gasteiger partial charge on any atom is 0.0608 e.